The number of amides is 1. The third-order valence-electron chi connectivity index (χ3n) is 5.21. The number of aryl methyl sites for hydroxylation is 1. The minimum Gasteiger partial charge on any atom is -0.356 e. The summed E-state index contributed by atoms with van der Waals surface area (Å²) in [4.78, 5) is 32.8. The molecule has 1 aliphatic rings. The molecular weight excluding hydrogens is 328 g/mol. The van der Waals surface area contributed by atoms with Gasteiger partial charge in [-0.15, -0.1) is 0 Å². The summed E-state index contributed by atoms with van der Waals surface area (Å²) in [5.74, 6) is 1.03. The van der Waals surface area contributed by atoms with Crippen molar-refractivity contribution < 1.29 is 4.79 Å². The summed E-state index contributed by atoms with van der Waals surface area (Å²) in [5.41, 5.74) is 2.72. The van der Waals surface area contributed by atoms with Crippen LogP contribution in [0.3, 0.4) is 0 Å². The van der Waals surface area contributed by atoms with Crippen molar-refractivity contribution >= 4 is 22.8 Å². The molecule has 1 saturated heterocycles. The third-order valence-corrected chi connectivity index (χ3v) is 5.21. The van der Waals surface area contributed by atoms with Gasteiger partial charge in [0.1, 0.15) is 17.8 Å². The average Bonchev–Trinajstić information content (AvgIpc) is 3.09. The number of carbonyl (C=O) groups excluding carboxylic acids is 1. The van der Waals surface area contributed by atoms with E-state index in [2.05, 4.69) is 31.8 Å². The fourth-order valence-corrected chi connectivity index (χ4v) is 3.67. The van der Waals surface area contributed by atoms with E-state index in [1.165, 1.54) is 0 Å². The molecule has 4 rings (SSSR count). The van der Waals surface area contributed by atoms with Crippen molar-refractivity contribution in [3.05, 3.63) is 48.2 Å². The first-order chi connectivity index (χ1) is 12.6. The fraction of sp³-hybridized carbons (Fsp3) is 0.368. The van der Waals surface area contributed by atoms with Gasteiger partial charge in [-0.05, 0) is 37.5 Å². The van der Waals surface area contributed by atoms with Crippen molar-refractivity contribution in [2.24, 2.45) is 0 Å². The van der Waals surface area contributed by atoms with Crippen LogP contribution in [0.25, 0.3) is 11.0 Å². The summed E-state index contributed by atoms with van der Waals surface area (Å²) in [6.07, 6.45) is 8.73. The molecule has 0 saturated carbocycles. The fourth-order valence-electron chi connectivity index (χ4n) is 3.67. The highest BCUT2D eigenvalue weighted by molar-refractivity contribution is 5.94. The number of pyridine rings is 1. The smallest absolute Gasteiger partial charge is 0.253 e. The van der Waals surface area contributed by atoms with Crippen molar-refractivity contribution in [1.82, 2.24) is 24.8 Å². The van der Waals surface area contributed by atoms with Gasteiger partial charge in [-0.25, -0.2) is 9.97 Å². The second kappa shape index (κ2) is 6.74. The Labute approximate surface area is 152 Å². The van der Waals surface area contributed by atoms with Gasteiger partial charge in [-0.3, -0.25) is 9.78 Å². The molecule has 0 radical (unpaired) electrons. The van der Waals surface area contributed by atoms with Gasteiger partial charge >= 0.3 is 0 Å². The predicted octanol–water partition coefficient (Wildman–Crippen LogP) is 2.40. The van der Waals surface area contributed by atoms with Crippen LogP contribution in [0.2, 0.25) is 0 Å². The van der Waals surface area contributed by atoms with E-state index in [9.17, 15) is 4.79 Å². The van der Waals surface area contributed by atoms with Crippen LogP contribution in [-0.4, -0.2) is 56.9 Å². The summed E-state index contributed by atoms with van der Waals surface area (Å²) in [6, 6.07) is 3.76. The monoisotopic (exact) mass is 350 g/mol. The first-order valence-electron chi connectivity index (χ1n) is 8.86. The minimum absolute atomic E-state index is 0.0526. The standard InChI is InChI=1S/C19H22N6O/c1-13-11-21-17-16(13)18(23-12-22-17)25-9-5-15(6-10-25)24(2)19(26)14-3-7-20-8-4-14/h3-4,7-8,11-12,15H,5-6,9-10H2,1-2H3,(H,21,22,23). The number of aromatic nitrogens is 4. The third kappa shape index (κ3) is 2.89. The highest BCUT2D eigenvalue weighted by Gasteiger charge is 2.27. The number of aromatic amines is 1. The van der Waals surface area contributed by atoms with Crippen molar-refractivity contribution in [3.8, 4) is 0 Å². The van der Waals surface area contributed by atoms with Gasteiger partial charge in [-0.1, -0.05) is 0 Å². The number of piperidine rings is 1. The first-order valence-corrected chi connectivity index (χ1v) is 8.86. The molecule has 0 aliphatic carbocycles. The Kier molecular flexibility index (Phi) is 4.28. The maximum atomic E-state index is 12.6. The number of anilines is 1. The van der Waals surface area contributed by atoms with Crippen LogP contribution in [0.5, 0.6) is 0 Å². The molecule has 0 atom stereocenters. The topological polar surface area (TPSA) is 78.0 Å². The SMILES string of the molecule is Cc1c[nH]c2ncnc(N3CCC(N(C)C(=O)c4ccncc4)CC3)c12. The van der Waals surface area contributed by atoms with Gasteiger partial charge in [-0.2, -0.15) is 0 Å². The van der Waals surface area contributed by atoms with Crippen LogP contribution < -0.4 is 4.90 Å². The molecule has 1 amide bonds. The lowest BCUT2D eigenvalue weighted by molar-refractivity contribution is 0.0709. The lowest BCUT2D eigenvalue weighted by Gasteiger charge is -2.37. The Hall–Kier alpha value is -2.96. The van der Waals surface area contributed by atoms with Crippen molar-refractivity contribution in [3.63, 3.8) is 0 Å². The molecule has 4 heterocycles. The maximum absolute atomic E-state index is 12.6. The number of hydrogen-bond donors (Lipinski definition) is 1. The second-order valence-corrected chi connectivity index (χ2v) is 6.76. The molecule has 3 aromatic heterocycles. The molecule has 0 unspecified atom stereocenters. The zero-order valence-corrected chi connectivity index (χ0v) is 15.0. The Balaban J connectivity index is 1.47. The summed E-state index contributed by atoms with van der Waals surface area (Å²) in [7, 11) is 1.89. The molecule has 7 heteroatoms. The largest absolute Gasteiger partial charge is 0.356 e. The van der Waals surface area contributed by atoms with Crippen molar-refractivity contribution in [2.75, 3.05) is 25.0 Å². The molecule has 7 nitrogen and oxygen atoms in total. The minimum atomic E-state index is 0.0526. The molecule has 134 valence electrons. The molecule has 26 heavy (non-hydrogen) atoms. The van der Waals surface area contributed by atoms with Gasteiger partial charge in [0.25, 0.3) is 5.91 Å². The van der Waals surface area contributed by atoms with Gasteiger partial charge < -0.3 is 14.8 Å². The van der Waals surface area contributed by atoms with Crippen molar-refractivity contribution in [1.29, 1.82) is 0 Å². The van der Waals surface area contributed by atoms with E-state index in [1.807, 2.05) is 18.1 Å². The summed E-state index contributed by atoms with van der Waals surface area (Å²) in [6.45, 7) is 3.81. The van der Waals surface area contributed by atoms with Gasteiger partial charge in [0.05, 0.1) is 5.39 Å². The summed E-state index contributed by atoms with van der Waals surface area (Å²) in [5, 5.41) is 1.09. The predicted molar refractivity (Wildman–Crippen MR) is 100 cm³/mol. The number of nitrogens with one attached hydrogen (secondary N) is 1. The van der Waals surface area contributed by atoms with E-state index in [1.54, 1.807) is 30.9 Å². The van der Waals surface area contributed by atoms with Gasteiger partial charge in [0.15, 0.2) is 0 Å². The molecule has 0 aromatic carbocycles. The quantitative estimate of drug-likeness (QED) is 0.785. The zero-order chi connectivity index (χ0) is 18.1. The van der Waals surface area contributed by atoms with E-state index >= 15 is 0 Å². The van der Waals surface area contributed by atoms with Crippen LogP contribution in [0.4, 0.5) is 5.82 Å². The number of hydrogen-bond acceptors (Lipinski definition) is 5. The highest BCUT2D eigenvalue weighted by atomic mass is 16.2. The highest BCUT2D eigenvalue weighted by Crippen LogP contribution is 2.28. The van der Waals surface area contributed by atoms with E-state index < -0.39 is 0 Å². The van der Waals surface area contributed by atoms with Gasteiger partial charge in [0, 0.05) is 50.3 Å². The lowest BCUT2D eigenvalue weighted by Crippen LogP contribution is -2.46. The van der Waals surface area contributed by atoms with E-state index in [0.29, 0.717) is 5.56 Å². The van der Waals surface area contributed by atoms with Crippen LogP contribution in [-0.2, 0) is 0 Å². The molecule has 3 aromatic rings. The van der Waals surface area contributed by atoms with Crippen LogP contribution in [0.1, 0.15) is 28.8 Å². The molecular formula is C19H22N6O. The number of H-pyrrole nitrogens is 1. The Morgan fingerprint density at radius 1 is 1.23 bits per heavy atom. The van der Waals surface area contributed by atoms with E-state index in [-0.39, 0.29) is 11.9 Å². The van der Waals surface area contributed by atoms with Crippen LogP contribution in [0, 0.1) is 6.92 Å². The normalized spacial score (nSPS) is 15.4. The van der Waals surface area contributed by atoms with Crippen LogP contribution in [0.15, 0.2) is 37.1 Å². The Morgan fingerprint density at radius 2 is 1.96 bits per heavy atom. The first kappa shape index (κ1) is 16.5. The Bertz CT molecular complexity index is 914. The maximum Gasteiger partial charge on any atom is 0.253 e. The molecule has 0 spiro atoms. The van der Waals surface area contributed by atoms with Crippen LogP contribution >= 0.6 is 0 Å². The van der Waals surface area contributed by atoms with Gasteiger partial charge in [0.2, 0.25) is 0 Å². The molecule has 1 fully saturated rings. The second-order valence-electron chi connectivity index (χ2n) is 6.76. The number of nitrogens with zero attached hydrogens (tertiary/aromatic N) is 5. The molecule has 1 aliphatic heterocycles. The zero-order valence-electron chi connectivity index (χ0n) is 15.0. The Morgan fingerprint density at radius 3 is 2.69 bits per heavy atom. The lowest BCUT2D eigenvalue weighted by atomic mass is 10.0. The number of fused-ring (bicyclic) bond motifs is 1. The summed E-state index contributed by atoms with van der Waals surface area (Å²) >= 11 is 0. The number of carbonyl (C=O) groups is 1. The summed E-state index contributed by atoms with van der Waals surface area (Å²) < 4.78 is 0. The molecule has 0 bridgehead atoms. The molecule has 1 N–H and O–H groups in total. The average molecular weight is 350 g/mol. The number of rotatable bonds is 3. The van der Waals surface area contributed by atoms with E-state index in [4.69, 9.17) is 0 Å². The van der Waals surface area contributed by atoms with E-state index in [0.717, 1.165) is 48.3 Å². The van der Waals surface area contributed by atoms with Crippen molar-refractivity contribution in [2.45, 2.75) is 25.8 Å².